The summed E-state index contributed by atoms with van der Waals surface area (Å²) in [6.07, 6.45) is -6.12. The molecule has 6 unspecified atom stereocenters. The molecule has 0 aromatic heterocycles. The molecule has 0 aromatic rings. The molecule has 148 valence electrons. The standard InChI is InChI=1S/C16H16F3NO7/c1-5(16(17,18)19)13(22)20-4-8(21)26-11-6-3-7-10(9(6)14(23)25-2)15(24)27-12(7)11/h6-7,9-12H,1,3-4H2,2H3,(H,20,22). The summed E-state index contributed by atoms with van der Waals surface area (Å²) in [5.74, 6) is -5.96. The summed E-state index contributed by atoms with van der Waals surface area (Å²) in [5, 5.41) is 1.77. The van der Waals surface area contributed by atoms with Crippen molar-refractivity contribution < 1.29 is 46.6 Å². The second kappa shape index (κ2) is 6.54. The van der Waals surface area contributed by atoms with Gasteiger partial charge in [0.25, 0.3) is 5.91 Å². The van der Waals surface area contributed by atoms with Gasteiger partial charge in [-0.2, -0.15) is 13.2 Å². The second-order valence-electron chi connectivity index (χ2n) is 6.65. The van der Waals surface area contributed by atoms with Crippen molar-refractivity contribution in [3.8, 4) is 0 Å². The quantitative estimate of drug-likeness (QED) is 0.403. The number of esters is 3. The van der Waals surface area contributed by atoms with Crippen LogP contribution in [0.25, 0.3) is 0 Å². The molecule has 1 amide bonds. The third kappa shape index (κ3) is 3.15. The van der Waals surface area contributed by atoms with Crippen LogP contribution in [0, 0.1) is 23.7 Å². The van der Waals surface area contributed by atoms with Crippen LogP contribution < -0.4 is 5.32 Å². The van der Waals surface area contributed by atoms with Crippen LogP contribution in [0.4, 0.5) is 13.2 Å². The monoisotopic (exact) mass is 391 g/mol. The Morgan fingerprint density at radius 2 is 1.96 bits per heavy atom. The third-order valence-corrected chi connectivity index (χ3v) is 5.30. The molecule has 27 heavy (non-hydrogen) atoms. The number of alkyl halides is 3. The summed E-state index contributed by atoms with van der Waals surface area (Å²) in [6, 6.07) is 0. The largest absolute Gasteiger partial charge is 0.469 e. The van der Waals surface area contributed by atoms with Crippen LogP contribution in [0.15, 0.2) is 12.2 Å². The minimum atomic E-state index is -4.92. The number of fused-ring (bicyclic) bond motifs is 1. The Labute approximate surface area is 151 Å². The Morgan fingerprint density at radius 3 is 2.56 bits per heavy atom. The highest BCUT2D eigenvalue weighted by Crippen LogP contribution is 2.58. The molecule has 1 heterocycles. The zero-order valence-corrected chi connectivity index (χ0v) is 14.1. The van der Waals surface area contributed by atoms with E-state index >= 15 is 0 Å². The number of hydrogen-bond acceptors (Lipinski definition) is 7. The van der Waals surface area contributed by atoms with Gasteiger partial charge in [0.15, 0.2) is 0 Å². The number of methoxy groups -OCH3 is 1. The van der Waals surface area contributed by atoms with Crippen molar-refractivity contribution in [1.29, 1.82) is 0 Å². The van der Waals surface area contributed by atoms with Crippen LogP contribution in [0.1, 0.15) is 6.42 Å². The molecule has 0 spiro atoms. The number of carbonyl (C=O) groups is 4. The van der Waals surface area contributed by atoms with Gasteiger partial charge in [0.2, 0.25) is 0 Å². The SMILES string of the molecule is C=C(C(=O)NCC(=O)OC1C2CC3C1OC(=O)C3C2C(=O)OC)C(F)(F)F. The van der Waals surface area contributed by atoms with E-state index < -0.39 is 72.1 Å². The average Bonchev–Trinajstić information content (AvgIpc) is 3.21. The maximum Gasteiger partial charge on any atom is 0.421 e. The molecule has 11 heteroatoms. The molecule has 3 rings (SSSR count). The topological polar surface area (TPSA) is 108 Å². The van der Waals surface area contributed by atoms with Gasteiger partial charge in [-0.05, 0) is 6.42 Å². The number of ether oxygens (including phenoxy) is 3. The van der Waals surface area contributed by atoms with Gasteiger partial charge in [0, 0.05) is 11.8 Å². The van der Waals surface area contributed by atoms with Gasteiger partial charge in [-0.3, -0.25) is 19.2 Å². The Hall–Kier alpha value is -2.59. The minimum Gasteiger partial charge on any atom is -0.469 e. The van der Waals surface area contributed by atoms with Crippen molar-refractivity contribution in [2.45, 2.75) is 24.8 Å². The van der Waals surface area contributed by atoms with Crippen molar-refractivity contribution in [3.05, 3.63) is 12.2 Å². The van der Waals surface area contributed by atoms with Gasteiger partial charge < -0.3 is 19.5 Å². The normalized spacial score (nSPS) is 33.4. The molecule has 3 aliphatic rings. The molecule has 2 bridgehead atoms. The molecular weight excluding hydrogens is 375 g/mol. The highest BCUT2D eigenvalue weighted by atomic mass is 19.4. The number of halogens is 3. The van der Waals surface area contributed by atoms with Crippen LogP contribution >= 0.6 is 0 Å². The Bertz CT molecular complexity index is 719. The second-order valence-corrected chi connectivity index (χ2v) is 6.65. The average molecular weight is 391 g/mol. The predicted octanol–water partition coefficient (Wildman–Crippen LogP) is 0.113. The summed E-state index contributed by atoms with van der Waals surface area (Å²) in [4.78, 5) is 47.3. The van der Waals surface area contributed by atoms with E-state index in [0.717, 1.165) is 0 Å². The minimum absolute atomic E-state index is 0.288. The van der Waals surface area contributed by atoms with Gasteiger partial charge in [-0.15, -0.1) is 0 Å². The molecule has 0 aromatic carbocycles. The molecular formula is C16H16F3NO7. The zero-order chi connectivity index (χ0) is 20.1. The molecule has 2 saturated carbocycles. The number of hydrogen-bond donors (Lipinski definition) is 1. The summed E-state index contributed by atoms with van der Waals surface area (Å²) in [6.45, 7) is 1.79. The fraction of sp³-hybridized carbons (Fsp3) is 0.625. The zero-order valence-electron chi connectivity index (χ0n) is 14.1. The first-order valence-corrected chi connectivity index (χ1v) is 8.08. The van der Waals surface area contributed by atoms with Gasteiger partial charge >= 0.3 is 24.1 Å². The maximum atomic E-state index is 12.4. The van der Waals surface area contributed by atoms with Crippen LogP contribution in [0.5, 0.6) is 0 Å². The Balaban J connectivity index is 1.62. The summed E-state index contributed by atoms with van der Waals surface area (Å²) >= 11 is 0. The first-order chi connectivity index (χ1) is 12.6. The van der Waals surface area contributed by atoms with Crippen molar-refractivity contribution in [1.82, 2.24) is 5.32 Å². The van der Waals surface area contributed by atoms with Gasteiger partial charge in [0.1, 0.15) is 24.3 Å². The van der Waals surface area contributed by atoms with Crippen LogP contribution in [0.2, 0.25) is 0 Å². The Kier molecular flexibility index (Phi) is 4.64. The predicted molar refractivity (Wildman–Crippen MR) is 78.6 cm³/mol. The van der Waals surface area contributed by atoms with Crippen LogP contribution in [-0.2, 0) is 33.4 Å². The van der Waals surface area contributed by atoms with Crippen molar-refractivity contribution >= 4 is 23.8 Å². The number of nitrogens with one attached hydrogen (secondary N) is 1. The number of carbonyl (C=O) groups excluding carboxylic acids is 4. The van der Waals surface area contributed by atoms with E-state index in [-0.39, 0.29) is 5.92 Å². The number of rotatable bonds is 5. The Morgan fingerprint density at radius 1 is 1.30 bits per heavy atom. The molecule has 0 radical (unpaired) electrons. The highest BCUT2D eigenvalue weighted by molar-refractivity contribution is 5.95. The van der Waals surface area contributed by atoms with Crippen molar-refractivity contribution in [3.63, 3.8) is 0 Å². The lowest BCUT2D eigenvalue weighted by Gasteiger charge is -2.29. The molecule has 1 aliphatic heterocycles. The highest BCUT2D eigenvalue weighted by Gasteiger charge is 2.70. The molecule has 6 atom stereocenters. The van der Waals surface area contributed by atoms with E-state index in [9.17, 15) is 32.3 Å². The first kappa shape index (κ1) is 19.2. The van der Waals surface area contributed by atoms with E-state index in [1.54, 1.807) is 5.32 Å². The third-order valence-electron chi connectivity index (χ3n) is 5.30. The molecule has 8 nitrogen and oxygen atoms in total. The lowest BCUT2D eigenvalue weighted by molar-refractivity contribution is -0.164. The molecule has 2 aliphatic carbocycles. The molecule has 1 N–H and O–H groups in total. The fourth-order valence-corrected chi connectivity index (χ4v) is 4.19. The summed E-state index contributed by atoms with van der Waals surface area (Å²) in [7, 11) is 1.18. The van der Waals surface area contributed by atoms with E-state index in [1.807, 2.05) is 0 Å². The molecule has 3 fully saturated rings. The van der Waals surface area contributed by atoms with Crippen LogP contribution in [-0.4, -0.2) is 55.9 Å². The first-order valence-electron chi connectivity index (χ1n) is 8.08. The van der Waals surface area contributed by atoms with Crippen LogP contribution in [0.3, 0.4) is 0 Å². The molecule has 1 saturated heterocycles. The summed E-state index contributed by atoms with van der Waals surface area (Å²) < 4.78 is 52.3. The smallest absolute Gasteiger partial charge is 0.421 e. The van der Waals surface area contributed by atoms with E-state index in [1.165, 1.54) is 7.11 Å². The van der Waals surface area contributed by atoms with E-state index in [4.69, 9.17) is 14.2 Å². The lowest BCUT2D eigenvalue weighted by atomic mass is 9.78. The summed E-state index contributed by atoms with van der Waals surface area (Å²) in [5.41, 5.74) is -1.64. The van der Waals surface area contributed by atoms with Gasteiger partial charge in [-0.25, -0.2) is 0 Å². The van der Waals surface area contributed by atoms with Crippen molar-refractivity contribution in [2.75, 3.05) is 13.7 Å². The van der Waals surface area contributed by atoms with E-state index in [2.05, 4.69) is 6.58 Å². The van der Waals surface area contributed by atoms with Gasteiger partial charge in [-0.1, -0.05) is 6.58 Å². The van der Waals surface area contributed by atoms with E-state index in [0.29, 0.717) is 6.42 Å². The van der Waals surface area contributed by atoms with Crippen molar-refractivity contribution in [2.24, 2.45) is 23.7 Å². The number of amides is 1. The van der Waals surface area contributed by atoms with Gasteiger partial charge in [0.05, 0.1) is 18.9 Å². The lowest BCUT2D eigenvalue weighted by Crippen LogP contribution is -2.45. The maximum absolute atomic E-state index is 12.4. The fourth-order valence-electron chi connectivity index (χ4n) is 4.19.